The second kappa shape index (κ2) is 9.08. The van der Waals surface area contributed by atoms with Crippen LogP contribution in [-0.2, 0) is 0 Å². The molecular weight excluding hydrogens is 376 g/mol. The van der Waals surface area contributed by atoms with Gasteiger partial charge < -0.3 is 11.1 Å². The molecule has 6 rings (SSSR count). The van der Waals surface area contributed by atoms with Gasteiger partial charge >= 0.3 is 0 Å². The molecule has 2 atom stereocenters. The van der Waals surface area contributed by atoms with Gasteiger partial charge in [-0.3, -0.25) is 0 Å². The Morgan fingerprint density at radius 3 is 1.77 bits per heavy atom. The third-order valence-corrected chi connectivity index (χ3v) is 8.70. The summed E-state index contributed by atoms with van der Waals surface area (Å²) in [5, 5.41) is 3.94. The zero-order chi connectivity index (χ0) is 21.3. The molecule has 0 amide bonds. The molecule has 0 spiro atoms. The van der Waals surface area contributed by atoms with E-state index < -0.39 is 0 Å². The van der Waals surface area contributed by atoms with Gasteiger partial charge in [0.25, 0.3) is 0 Å². The topological polar surface area (TPSA) is 38.0 Å². The normalized spacial score (nSPS) is 31.1. The van der Waals surface area contributed by atoms with Crippen molar-refractivity contribution in [2.24, 2.45) is 28.9 Å². The number of nitrogens with two attached hydrogens (primary N) is 1. The van der Waals surface area contributed by atoms with Crippen LogP contribution in [0.25, 0.3) is 0 Å². The highest BCUT2D eigenvalue weighted by Gasteiger charge is 2.51. The van der Waals surface area contributed by atoms with Gasteiger partial charge in [0.1, 0.15) is 0 Å². The Morgan fingerprint density at radius 2 is 1.32 bits per heavy atom. The molecule has 0 heterocycles. The van der Waals surface area contributed by atoms with Crippen molar-refractivity contribution in [1.82, 2.24) is 5.32 Å². The second-order valence-corrected chi connectivity index (χ2v) is 11.2. The lowest BCUT2D eigenvalue weighted by Crippen LogP contribution is -2.52. The Bertz CT molecular complexity index is 754. The summed E-state index contributed by atoms with van der Waals surface area (Å²) in [4.78, 5) is 0. The van der Waals surface area contributed by atoms with E-state index in [1.54, 1.807) is 0 Å². The predicted molar refractivity (Wildman–Crippen MR) is 130 cm³/mol. The first-order valence-corrected chi connectivity index (χ1v) is 12.7. The van der Waals surface area contributed by atoms with E-state index in [9.17, 15) is 0 Å². The largest absolute Gasteiger partial charge is 0.327 e. The quantitative estimate of drug-likeness (QED) is 0.517. The number of hydrogen-bond acceptors (Lipinski definition) is 2. The molecule has 4 aliphatic carbocycles. The molecule has 2 aromatic carbocycles. The Labute approximate surface area is 189 Å². The Morgan fingerprint density at radius 1 is 0.839 bits per heavy atom. The molecule has 2 unspecified atom stereocenters. The first kappa shape index (κ1) is 21.2. The van der Waals surface area contributed by atoms with Gasteiger partial charge in [-0.25, -0.2) is 0 Å². The molecule has 4 fully saturated rings. The van der Waals surface area contributed by atoms with Crippen molar-refractivity contribution < 1.29 is 0 Å². The van der Waals surface area contributed by atoms with Crippen LogP contribution in [0.3, 0.4) is 0 Å². The fourth-order valence-corrected chi connectivity index (χ4v) is 7.76. The summed E-state index contributed by atoms with van der Waals surface area (Å²) in [6, 6.07) is 22.6. The highest BCUT2D eigenvalue weighted by atomic mass is 15.0. The predicted octanol–water partition coefficient (Wildman–Crippen LogP) is 6.12. The maximum Gasteiger partial charge on any atom is 0.0221 e. The molecule has 0 aromatic heterocycles. The van der Waals surface area contributed by atoms with Gasteiger partial charge in [0.2, 0.25) is 0 Å². The molecule has 3 N–H and O–H groups in total. The summed E-state index contributed by atoms with van der Waals surface area (Å²) < 4.78 is 0. The van der Waals surface area contributed by atoms with Gasteiger partial charge in [-0.05, 0) is 99.1 Å². The van der Waals surface area contributed by atoms with Crippen molar-refractivity contribution in [3.05, 3.63) is 71.8 Å². The number of rotatable bonds is 9. The van der Waals surface area contributed by atoms with E-state index >= 15 is 0 Å². The third-order valence-electron chi connectivity index (χ3n) is 8.70. The highest BCUT2D eigenvalue weighted by molar-refractivity contribution is 5.32. The molecular formula is C29H40N2. The van der Waals surface area contributed by atoms with Crippen molar-refractivity contribution in [1.29, 1.82) is 0 Å². The van der Waals surface area contributed by atoms with E-state index in [2.05, 4.69) is 72.9 Å². The first-order valence-electron chi connectivity index (χ1n) is 12.7. The van der Waals surface area contributed by atoms with Gasteiger partial charge in [-0.1, -0.05) is 60.7 Å². The lowest BCUT2D eigenvalue weighted by atomic mass is 9.48. The lowest BCUT2D eigenvalue weighted by molar-refractivity contribution is -0.0629. The van der Waals surface area contributed by atoms with Gasteiger partial charge in [0, 0.05) is 18.0 Å². The van der Waals surface area contributed by atoms with Crippen LogP contribution in [0, 0.1) is 23.2 Å². The van der Waals surface area contributed by atoms with Crippen molar-refractivity contribution in [3.8, 4) is 0 Å². The SMILES string of the molecule is CC(N)C(CC12CC3CC(CC(C3)C1)C2)NCCC(c1ccccc1)c1ccccc1. The first-order chi connectivity index (χ1) is 15.1. The number of nitrogens with one attached hydrogen (secondary N) is 1. The van der Waals surface area contributed by atoms with E-state index in [1.807, 2.05) is 0 Å². The van der Waals surface area contributed by atoms with E-state index in [4.69, 9.17) is 5.73 Å². The van der Waals surface area contributed by atoms with Gasteiger partial charge in [-0.2, -0.15) is 0 Å². The second-order valence-electron chi connectivity index (χ2n) is 11.2. The average molecular weight is 417 g/mol. The monoisotopic (exact) mass is 416 g/mol. The van der Waals surface area contributed by atoms with Crippen LogP contribution < -0.4 is 11.1 Å². The zero-order valence-electron chi connectivity index (χ0n) is 19.2. The van der Waals surface area contributed by atoms with Crippen LogP contribution in [0.15, 0.2) is 60.7 Å². The molecule has 166 valence electrons. The fraction of sp³-hybridized carbons (Fsp3) is 0.586. The smallest absolute Gasteiger partial charge is 0.0221 e. The van der Waals surface area contributed by atoms with Crippen LogP contribution in [0.4, 0.5) is 0 Å². The van der Waals surface area contributed by atoms with E-state index in [-0.39, 0.29) is 6.04 Å². The lowest BCUT2D eigenvalue weighted by Gasteiger charge is -2.58. The molecule has 31 heavy (non-hydrogen) atoms. The average Bonchev–Trinajstić information content (AvgIpc) is 2.76. The molecule has 0 saturated heterocycles. The summed E-state index contributed by atoms with van der Waals surface area (Å²) >= 11 is 0. The molecule has 0 aliphatic heterocycles. The molecule has 4 aliphatic rings. The van der Waals surface area contributed by atoms with E-state index in [1.165, 1.54) is 56.1 Å². The molecule has 2 heteroatoms. The molecule has 2 nitrogen and oxygen atoms in total. The van der Waals surface area contributed by atoms with Gasteiger partial charge in [0.15, 0.2) is 0 Å². The minimum absolute atomic E-state index is 0.208. The third kappa shape index (κ3) is 4.76. The Hall–Kier alpha value is -1.64. The van der Waals surface area contributed by atoms with E-state index in [0.29, 0.717) is 17.4 Å². The van der Waals surface area contributed by atoms with Gasteiger partial charge in [-0.15, -0.1) is 0 Å². The molecule has 4 saturated carbocycles. The van der Waals surface area contributed by atoms with Crippen LogP contribution >= 0.6 is 0 Å². The van der Waals surface area contributed by atoms with Crippen molar-refractivity contribution in [2.75, 3.05) is 6.54 Å². The number of hydrogen-bond donors (Lipinski definition) is 2. The maximum absolute atomic E-state index is 6.54. The van der Waals surface area contributed by atoms with Crippen LogP contribution in [-0.4, -0.2) is 18.6 Å². The van der Waals surface area contributed by atoms with Crippen molar-refractivity contribution in [3.63, 3.8) is 0 Å². The maximum atomic E-state index is 6.54. The van der Waals surface area contributed by atoms with Gasteiger partial charge in [0.05, 0.1) is 0 Å². The summed E-state index contributed by atoms with van der Waals surface area (Å²) in [5.41, 5.74) is 9.95. The standard InChI is InChI=1S/C29H40N2/c1-21(30)28(20-29-17-22-14-23(18-29)16-24(15-22)19-29)31-13-12-27(25-8-4-2-5-9-25)26-10-6-3-7-11-26/h2-11,21-24,27-28,31H,12-20,30H2,1H3. The molecule has 2 aromatic rings. The van der Waals surface area contributed by atoms with Crippen LogP contribution in [0.5, 0.6) is 0 Å². The van der Waals surface area contributed by atoms with Crippen molar-refractivity contribution >= 4 is 0 Å². The highest BCUT2D eigenvalue weighted by Crippen LogP contribution is 2.61. The summed E-state index contributed by atoms with van der Waals surface area (Å²) in [6.45, 7) is 3.23. The number of benzene rings is 2. The minimum Gasteiger partial charge on any atom is -0.327 e. The summed E-state index contributed by atoms with van der Waals surface area (Å²) in [7, 11) is 0. The van der Waals surface area contributed by atoms with Crippen LogP contribution in [0.1, 0.15) is 75.3 Å². The summed E-state index contributed by atoms with van der Waals surface area (Å²) in [6.07, 6.45) is 11.4. The van der Waals surface area contributed by atoms with Crippen molar-refractivity contribution in [2.45, 2.75) is 76.3 Å². The molecule has 4 bridgehead atoms. The Balaban J connectivity index is 1.25. The van der Waals surface area contributed by atoms with E-state index in [0.717, 1.165) is 30.7 Å². The fourth-order valence-electron chi connectivity index (χ4n) is 7.76. The Kier molecular flexibility index (Phi) is 6.21. The molecule has 0 radical (unpaired) electrons. The zero-order valence-corrected chi connectivity index (χ0v) is 19.2. The summed E-state index contributed by atoms with van der Waals surface area (Å²) in [5.74, 6) is 3.48. The minimum atomic E-state index is 0.208. The van der Waals surface area contributed by atoms with Crippen LogP contribution in [0.2, 0.25) is 0 Å².